The van der Waals surface area contributed by atoms with Gasteiger partial charge in [0.2, 0.25) is 17.7 Å². The summed E-state index contributed by atoms with van der Waals surface area (Å²) in [5, 5.41) is 20.1. The van der Waals surface area contributed by atoms with E-state index in [-0.39, 0.29) is 43.9 Å². The zero-order valence-corrected chi connectivity index (χ0v) is 27.3. The largest absolute Gasteiger partial charge is 0.444 e. The molecule has 1 aliphatic rings. The number of benzene rings is 1. The Bertz CT molecular complexity index is 1130. The van der Waals surface area contributed by atoms with Gasteiger partial charge in [0.25, 0.3) is 0 Å². The predicted molar refractivity (Wildman–Crippen MR) is 171 cm³/mol. The van der Waals surface area contributed by atoms with E-state index >= 15 is 0 Å². The number of nitrogens with one attached hydrogen (secondary N) is 4. The summed E-state index contributed by atoms with van der Waals surface area (Å²) < 4.78 is 5.46. The van der Waals surface area contributed by atoms with Crippen molar-refractivity contribution in [1.29, 1.82) is 0 Å². The van der Waals surface area contributed by atoms with Crippen molar-refractivity contribution in [2.45, 2.75) is 104 Å². The Morgan fingerprint density at radius 3 is 2.20 bits per heavy atom. The van der Waals surface area contributed by atoms with Crippen molar-refractivity contribution in [2.24, 2.45) is 17.6 Å². The summed E-state index contributed by atoms with van der Waals surface area (Å²) in [6, 6.07) is 4.19. The van der Waals surface area contributed by atoms with Crippen LogP contribution in [-0.2, 0) is 25.7 Å². The molecule has 0 radical (unpaired) electrons. The summed E-state index contributed by atoms with van der Waals surface area (Å²) in [6.07, 6.45) is 3.76. The number of nitrogens with two attached hydrogens (primary N) is 1. The maximum Gasteiger partial charge on any atom is 0.410 e. The van der Waals surface area contributed by atoms with Crippen molar-refractivity contribution in [2.75, 3.05) is 25.0 Å². The van der Waals surface area contributed by atoms with Gasteiger partial charge in [0.05, 0.1) is 6.61 Å². The first-order valence-electron chi connectivity index (χ1n) is 15.8. The Kier molecular flexibility index (Phi) is 15.1. The van der Waals surface area contributed by atoms with E-state index in [0.29, 0.717) is 43.1 Å². The van der Waals surface area contributed by atoms with Crippen LogP contribution in [0, 0.1) is 11.8 Å². The van der Waals surface area contributed by atoms with Crippen LogP contribution < -0.4 is 27.0 Å². The Hall–Kier alpha value is -3.87. The van der Waals surface area contributed by atoms with Crippen molar-refractivity contribution in [3.63, 3.8) is 0 Å². The van der Waals surface area contributed by atoms with E-state index in [1.807, 2.05) is 34.6 Å². The van der Waals surface area contributed by atoms with E-state index in [1.165, 1.54) is 0 Å². The second-order valence-electron chi connectivity index (χ2n) is 12.9. The molecule has 2 rings (SSSR count). The molecule has 0 saturated carbocycles. The highest BCUT2D eigenvalue weighted by Crippen LogP contribution is 2.24. The zero-order valence-electron chi connectivity index (χ0n) is 27.3. The van der Waals surface area contributed by atoms with Gasteiger partial charge in [-0.2, -0.15) is 0 Å². The lowest BCUT2D eigenvalue weighted by Crippen LogP contribution is -2.54. The standard InChI is InChI=1S/C32H52N6O7/c1-21(2)27(37-26(40)10-6-8-22-15-18-38(19-16-22)31(44)45-32(3,4)5)29(42)36-25(9-7-17-34-30(33)43)28(41)35-24-13-11-23(20-39)12-14-24/h11-14,21-22,25,27,39H,6-10,15-20H2,1-5H3,(H,35,41)(H,36,42)(H,37,40)(H3,33,34,43)/t25-,27-/m0/s1. The minimum absolute atomic E-state index is 0.128. The number of amides is 6. The van der Waals surface area contributed by atoms with Crippen LogP contribution in [0.3, 0.4) is 0 Å². The van der Waals surface area contributed by atoms with Crippen molar-refractivity contribution in [3.05, 3.63) is 29.8 Å². The number of carbonyl (C=O) groups is 5. The van der Waals surface area contributed by atoms with Gasteiger partial charge in [-0.25, -0.2) is 9.59 Å². The number of nitrogens with zero attached hydrogens (tertiary/aromatic N) is 1. The van der Waals surface area contributed by atoms with E-state index in [4.69, 9.17) is 10.5 Å². The van der Waals surface area contributed by atoms with Crippen LogP contribution in [0.2, 0.25) is 0 Å². The maximum absolute atomic E-state index is 13.3. The summed E-state index contributed by atoms with van der Waals surface area (Å²) in [5.41, 5.74) is 5.79. The number of ether oxygens (including phenoxy) is 1. The SMILES string of the molecule is CC(C)[C@H](NC(=O)CCCC1CCN(C(=O)OC(C)(C)C)CC1)C(=O)N[C@@H](CCCNC(N)=O)C(=O)Nc1ccc(CO)cc1. The zero-order chi connectivity index (χ0) is 33.6. The molecule has 0 bridgehead atoms. The number of carbonyl (C=O) groups excluding carboxylic acids is 5. The third-order valence-electron chi connectivity index (χ3n) is 7.55. The molecular weight excluding hydrogens is 580 g/mol. The van der Waals surface area contributed by atoms with Gasteiger partial charge in [-0.15, -0.1) is 0 Å². The molecule has 1 aromatic carbocycles. The van der Waals surface area contributed by atoms with Crippen LogP contribution in [-0.4, -0.2) is 77.2 Å². The first-order chi connectivity index (χ1) is 21.2. The van der Waals surface area contributed by atoms with Crippen LogP contribution >= 0.6 is 0 Å². The summed E-state index contributed by atoms with van der Waals surface area (Å²) in [6.45, 7) is 10.5. The van der Waals surface area contributed by atoms with Gasteiger partial charge in [-0.05, 0) is 88.8 Å². The van der Waals surface area contributed by atoms with Crippen LogP contribution in [0.15, 0.2) is 24.3 Å². The van der Waals surface area contributed by atoms with Gasteiger partial charge in [-0.1, -0.05) is 26.0 Å². The van der Waals surface area contributed by atoms with E-state index in [2.05, 4.69) is 21.3 Å². The quantitative estimate of drug-likeness (QED) is 0.160. The third kappa shape index (κ3) is 14.2. The third-order valence-corrected chi connectivity index (χ3v) is 7.55. The number of aliphatic hydroxyl groups excluding tert-OH is 1. The van der Waals surface area contributed by atoms with Crippen molar-refractivity contribution < 1.29 is 33.8 Å². The lowest BCUT2D eigenvalue weighted by Gasteiger charge is -2.33. The van der Waals surface area contributed by atoms with Gasteiger partial charge in [0.1, 0.15) is 17.7 Å². The molecule has 45 heavy (non-hydrogen) atoms. The molecule has 13 nitrogen and oxygen atoms in total. The summed E-state index contributed by atoms with van der Waals surface area (Å²) in [7, 11) is 0. The Morgan fingerprint density at radius 1 is 1.00 bits per heavy atom. The molecule has 0 spiro atoms. The lowest BCUT2D eigenvalue weighted by atomic mass is 9.91. The average molecular weight is 633 g/mol. The molecule has 0 aromatic heterocycles. The number of hydrogen-bond donors (Lipinski definition) is 6. The molecular formula is C32H52N6O7. The Morgan fingerprint density at radius 2 is 1.64 bits per heavy atom. The fourth-order valence-electron chi connectivity index (χ4n) is 5.03. The summed E-state index contributed by atoms with van der Waals surface area (Å²) >= 11 is 0. The Balaban J connectivity index is 1.89. The molecule has 0 aliphatic carbocycles. The number of rotatable bonds is 15. The van der Waals surface area contributed by atoms with Crippen molar-refractivity contribution in [3.8, 4) is 0 Å². The number of likely N-dealkylation sites (tertiary alicyclic amines) is 1. The number of piperidine rings is 1. The first-order valence-corrected chi connectivity index (χ1v) is 15.8. The molecule has 2 atom stereocenters. The first kappa shape index (κ1) is 37.3. The van der Waals surface area contributed by atoms with Gasteiger partial charge in [0.15, 0.2) is 0 Å². The topological polar surface area (TPSA) is 192 Å². The van der Waals surface area contributed by atoms with E-state index in [1.54, 1.807) is 29.2 Å². The minimum Gasteiger partial charge on any atom is -0.444 e. The monoisotopic (exact) mass is 632 g/mol. The van der Waals surface area contributed by atoms with Gasteiger partial charge in [0, 0.05) is 31.7 Å². The molecule has 1 aromatic rings. The Labute approximate surface area is 266 Å². The molecule has 7 N–H and O–H groups in total. The van der Waals surface area contributed by atoms with Gasteiger partial charge in [-0.3, -0.25) is 14.4 Å². The molecule has 252 valence electrons. The molecule has 1 aliphatic heterocycles. The highest BCUT2D eigenvalue weighted by Gasteiger charge is 2.30. The van der Waals surface area contributed by atoms with E-state index in [0.717, 1.165) is 19.3 Å². The summed E-state index contributed by atoms with van der Waals surface area (Å²) in [4.78, 5) is 64.4. The van der Waals surface area contributed by atoms with Crippen LogP contribution in [0.4, 0.5) is 15.3 Å². The second-order valence-corrected chi connectivity index (χ2v) is 12.9. The van der Waals surface area contributed by atoms with Crippen LogP contribution in [0.1, 0.15) is 85.1 Å². The maximum atomic E-state index is 13.3. The minimum atomic E-state index is -0.936. The molecule has 1 saturated heterocycles. The molecule has 13 heteroatoms. The lowest BCUT2D eigenvalue weighted by molar-refractivity contribution is -0.132. The molecule has 0 unspecified atom stereocenters. The fourth-order valence-corrected chi connectivity index (χ4v) is 5.03. The number of primary amides is 1. The summed E-state index contributed by atoms with van der Waals surface area (Å²) in [5.74, 6) is -1.01. The van der Waals surface area contributed by atoms with Crippen molar-refractivity contribution in [1.82, 2.24) is 20.9 Å². The van der Waals surface area contributed by atoms with Crippen LogP contribution in [0.5, 0.6) is 0 Å². The van der Waals surface area contributed by atoms with Gasteiger partial charge >= 0.3 is 12.1 Å². The molecule has 1 heterocycles. The molecule has 6 amide bonds. The second kappa shape index (κ2) is 18.2. The molecule has 1 fully saturated rings. The van der Waals surface area contributed by atoms with E-state index in [9.17, 15) is 29.1 Å². The fraction of sp³-hybridized carbons (Fsp3) is 0.656. The van der Waals surface area contributed by atoms with E-state index < -0.39 is 35.5 Å². The smallest absolute Gasteiger partial charge is 0.410 e. The predicted octanol–water partition coefficient (Wildman–Crippen LogP) is 3.01. The van der Waals surface area contributed by atoms with Gasteiger partial charge < -0.3 is 41.7 Å². The van der Waals surface area contributed by atoms with Crippen LogP contribution in [0.25, 0.3) is 0 Å². The average Bonchev–Trinajstić information content (AvgIpc) is 2.96. The normalized spacial score (nSPS) is 15.1. The van der Waals surface area contributed by atoms with Crippen molar-refractivity contribution >= 4 is 35.5 Å². The number of aliphatic hydroxyl groups is 1. The number of urea groups is 1. The highest BCUT2D eigenvalue weighted by molar-refractivity contribution is 5.98. The number of hydrogen-bond acceptors (Lipinski definition) is 7. The number of anilines is 1. The highest BCUT2D eigenvalue weighted by atomic mass is 16.6.